The molecule has 2 aromatic carbocycles. The number of carbonyl (C=O) groups excluding carboxylic acids is 3. The standard InChI is InChI=1S/C21H23N3O6/c1-3-11-23(13-19(25)22-18-10-5-4-7-15(18)2)20(26)14-30-21(27)16-8-6-9-17(12-16)24(28)29/h4-10,12H,3,11,13-14H2,1-2H3,(H,22,25). The molecule has 9 heteroatoms. The minimum absolute atomic E-state index is 0.0312. The largest absolute Gasteiger partial charge is 0.452 e. The Morgan fingerprint density at radius 1 is 1.13 bits per heavy atom. The molecule has 0 saturated carbocycles. The van der Waals surface area contributed by atoms with Gasteiger partial charge in [-0.2, -0.15) is 0 Å². The van der Waals surface area contributed by atoms with Crippen molar-refractivity contribution < 1.29 is 24.0 Å². The van der Waals surface area contributed by atoms with Crippen LogP contribution in [-0.4, -0.2) is 47.3 Å². The molecule has 158 valence electrons. The van der Waals surface area contributed by atoms with Gasteiger partial charge in [0.05, 0.1) is 17.0 Å². The lowest BCUT2D eigenvalue weighted by Gasteiger charge is -2.21. The van der Waals surface area contributed by atoms with Crippen LogP contribution in [0.5, 0.6) is 0 Å². The molecule has 0 aliphatic heterocycles. The molecule has 0 aromatic heterocycles. The van der Waals surface area contributed by atoms with Gasteiger partial charge in [-0.1, -0.05) is 31.2 Å². The van der Waals surface area contributed by atoms with Crippen LogP contribution in [0.1, 0.15) is 29.3 Å². The van der Waals surface area contributed by atoms with Crippen molar-refractivity contribution in [1.29, 1.82) is 0 Å². The molecule has 0 spiro atoms. The van der Waals surface area contributed by atoms with E-state index in [1.807, 2.05) is 26.0 Å². The van der Waals surface area contributed by atoms with Crippen LogP contribution in [0.25, 0.3) is 0 Å². The molecule has 0 saturated heterocycles. The third kappa shape index (κ3) is 6.40. The van der Waals surface area contributed by atoms with Crippen molar-refractivity contribution in [3.63, 3.8) is 0 Å². The fourth-order valence-electron chi connectivity index (χ4n) is 2.69. The monoisotopic (exact) mass is 413 g/mol. The second-order valence-electron chi connectivity index (χ2n) is 6.56. The number of ether oxygens (including phenoxy) is 1. The number of hydrogen-bond donors (Lipinski definition) is 1. The number of amides is 2. The van der Waals surface area contributed by atoms with Crippen LogP contribution in [-0.2, 0) is 14.3 Å². The summed E-state index contributed by atoms with van der Waals surface area (Å²) < 4.78 is 4.99. The third-order valence-electron chi connectivity index (χ3n) is 4.22. The molecule has 0 radical (unpaired) electrons. The molecular formula is C21H23N3O6. The van der Waals surface area contributed by atoms with Gasteiger partial charge in [0.15, 0.2) is 6.61 Å². The second-order valence-corrected chi connectivity index (χ2v) is 6.56. The fourth-order valence-corrected chi connectivity index (χ4v) is 2.69. The Balaban J connectivity index is 1.95. The lowest BCUT2D eigenvalue weighted by atomic mass is 10.2. The normalized spacial score (nSPS) is 10.2. The molecule has 2 rings (SSSR count). The molecule has 2 amide bonds. The first kappa shape index (κ1) is 22.5. The maximum absolute atomic E-state index is 12.5. The first-order chi connectivity index (χ1) is 14.3. The van der Waals surface area contributed by atoms with E-state index in [4.69, 9.17) is 4.74 Å². The number of nitrogens with one attached hydrogen (secondary N) is 1. The number of para-hydroxylation sites is 1. The lowest BCUT2D eigenvalue weighted by molar-refractivity contribution is -0.384. The number of anilines is 1. The van der Waals surface area contributed by atoms with Crippen LogP contribution < -0.4 is 5.32 Å². The van der Waals surface area contributed by atoms with Gasteiger partial charge in [0.25, 0.3) is 11.6 Å². The van der Waals surface area contributed by atoms with E-state index in [1.165, 1.54) is 23.1 Å². The molecule has 0 fully saturated rings. The molecule has 2 aromatic rings. The van der Waals surface area contributed by atoms with Gasteiger partial charge >= 0.3 is 5.97 Å². The Bertz CT molecular complexity index is 944. The van der Waals surface area contributed by atoms with E-state index in [1.54, 1.807) is 12.1 Å². The highest BCUT2D eigenvalue weighted by atomic mass is 16.6. The van der Waals surface area contributed by atoms with Crippen molar-refractivity contribution in [3.05, 3.63) is 69.8 Å². The Morgan fingerprint density at radius 2 is 1.87 bits per heavy atom. The molecular weight excluding hydrogens is 390 g/mol. The predicted molar refractivity (Wildman–Crippen MR) is 110 cm³/mol. The highest BCUT2D eigenvalue weighted by Gasteiger charge is 2.20. The highest BCUT2D eigenvalue weighted by Crippen LogP contribution is 2.14. The van der Waals surface area contributed by atoms with E-state index < -0.39 is 23.4 Å². The third-order valence-corrected chi connectivity index (χ3v) is 4.22. The summed E-state index contributed by atoms with van der Waals surface area (Å²) in [5, 5.41) is 13.6. The summed E-state index contributed by atoms with van der Waals surface area (Å²) in [5.74, 6) is -1.75. The SMILES string of the molecule is CCCN(CC(=O)Nc1ccccc1C)C(=O)COC(=O)c1cccc([N+](=O)[O-])c1. The number of aryl methyl sites for hydroxylation is 1. The van der Waals surface area contributed by atoms with Crippen molar-refractivity contribution in [1.82, 2.24) is 4.90 Å². The highest BCUT2D eigenvalue weighted by molar-refractivity contribution is 5.96. The van der Waals surface area contributed by atoms with Gasteiger partial charge in [0.1, 0.15) is 0 Å². The van der Waals surface area contributed by atoms with Gasteiger partial charge < -0.3 is 15.0 Å². The van der Waals surface area contributed by atoms with Gasteiger partial charge in [-0.05, 0) is 31.0 Å². The van der Waals surface area contributed by atoms with Gasteiger partial charge in [-0.15, -0.1) is 0 Å². The Labute approximate surface area is 173 Å². The molecule has 9 nitrogen and oxygen atoms in total. The van der Waals surface area contributed by atoms with E-state index in [9.17, 15) is 24.5 Å². The quantitative estimate of drug-likeness (QED) is 0.383. The van der Waals surface area contributed by atoms with Crippen molar-refractivity contribution in [2.45, 2.75) is 20.3 Å². The number of nitro groups is 1. The Hall–Kier alpha value is -3.75. The summed E-state index contributed by atoms with van der Waals surface area (Å²) in [6.07, 6.45) is 0.613. The first-order valence-corrected chi connectivity index (χ1v) is 9.36. The average molecular weight is 413 g/mol. The average Bonchev–Trinajstić information content (AvgIpc) is 2.73. The van der Waals surface area contributed by atoms with Gasteiger partial charge in [0.2, 0.25) is 5.91 Å². The van der Waals surface area contributed by atoms with Crippen molar-refractivity contribution in [2.75, 3.05) is 25.0 Å². The summed E-state index contributed by atoms with van der Waals surface area (Å²) in [6.45, 7) is 3.27. The van der Waals surface area contributed by atoms with Crippen LogP contribution in [0.3, 0.4) is 0 Å². The molecule has 0 bridgehead atoms. The summed E-state index contributed by atoms with van der Waals surface area (Å²) in [7, 11) is 0. The molecule has 0 atom stereocenters. The van der Waals surface area contributed by atoms with E-state index in [0.29, 0.717) is 18.7 Å². The second kappa shape index (κ2) is 10.7. The topological polar surface area (TPSA) is 119 Å². The van der Waals surface area contributed by atoms with Crippen LogP contribution in [0.2, 0.25) is 0 Å². The van der Waals surface area contributed by atoms with E-state index in [0.717, 1.165) is 11.6 Å². The minimum Gasteiger partial charge on any atom is -0.452 e. The smallest absolute Gasteiger partial charge is 0.338 e. The number of carbonyl (C=O) groups is 3. The number of hydrogen-bond acceptors (Lipinski definition) is 6. The fraction of sp³-hybridized carbons (Fsp3) is 0.286. The number of benzene rings is 2. The van der Waals surface area contributed by atoms with Crippen LogP contribution in [0.15, 0.2) is 48.5 Å². The van der Waals surface area contributed by atoms with Crippen LogP contribution >= 0.6 is 0 Å². The number of rotatable bonds is 9. The van der Waals surface area contributed by atoms with E-state index >= 15 is 0 Å². The summed E-state index contributed by atoms with van der Waals surface area (Å²) >= 11 is 0. The lowest BCUT2D eigenvalue weighted by Crippen LogP contribution is -2.40. The number of nitrogens with zero attached hydrogens (tertiary/aromatic N) is 2. The molecule has 0 aliphatic carbocycles. The maximum Gasteiger partial charge on any atom is 0.338 e. The minimum atomic E-state index is -0.854. The molecule has 1 N–H and O–H groups in total. The van der Waals surface area contributed by atoms with Crippen LogP contribution in [0, 0.1) is 17.0 Å². The number of esters is 1. The van der Waals surface area contributed by atoms with Crippen molar-refractivity contribution >= 4 is 29.2 Å². The molecule has 0 aliphatic rings. The molecule has 0 heterocycles. The van der Waals surface area contributed by atoms with Gasteiger partial charge in [-0.25, -0.2) is 4.79 Å². The van der Waals surface area contributed by atoms with E-state index in [2.05, 4.69) is 5.32 Å². The zero-order valence-corrected chi connectivity index (χ0v) is 16.8. The Kier molecular flexibility index (Phi) is 8.04. The zero-order valence-electron chi connectivity index (χ0n) is 16.8. The molecule has 30 heavy (non-hydrogen) atoms. The number of nitro benzene ring substituents is 1. The van der Waals surface area contributed by atoms with Crippen molar-refractivity contribution in [3.8, 4) is 0 Å². The first-order valence-electron chi connectivity index (χ1n) is 9.36. The van der Waals surface area contributed by atoms with E-state index in [-0.39, 0.29) is 23.7 Å². The summed E-state index contributed by atoms with van der Waals surface area (Å²) in [5.41, 5.74) is 1.26. The van der Waals surface area contributed by atoms with Gasteiger partial charge in [0, 0.05) is 24.4 Å². The Morgan fingerprint density at radius 3 is 2.53 bits per heavy atom. The molecule has 0 unspecified atom stereocenters. The summed E-state index contributed by atoms with van der Waals surface area (Å²) in [6, 6.07) is 12.3. The maximum atomic E-state index is 12.5. The predicted octanol–water partition coefficient (Wildman–Crippen LogP) is 2.94. The number of non-ortho nitro benzene ring substituents is 1. The van der Waals surface area contributed by atoms with Crippen LogP contribution in [0.4, 0.5) is 11.4 Å². The van der Waals surface area contributed by atoms with Crippen molar-refractivity contribution in [2.24, 2.45) is 0 Å². The van der Waals surface area contributed by atoms with Gasteiger partial charge in [-0.3, -0.25) is 19.7 Å². The zero-order chi connectivity index (χ0) is 22.1. The summed E-state index contributed by atoms with van der Waals surface area (Å²) in [4.78, 5) is 48.4.